The number of sulfonamides is 1. The Morgan fingerprint density at radius 2 is 1.78 bits per heavy atom. The van der Waals surface area contributed by atoms with Crippen LogP contribution < -0.4 is 10.1 Å². The van der Waals surface area contributed by atoms with Crippen LogP contribution in [0, 0.1) is 0 Å². The van der Waals surface area contributed by atoms with Crippen LogP contribution in [-0.4, -0.2) is 45.4 Å². The maximum atomic E-state index is 13.1. The first kappa shape index (κ1) is 24.6. The van der Waals surface area contributed by atoms with E-state index in [1.54, 1.807) is 21.0 Å². The molecule has 1 saturated carbocycles. The number of para-hydroxylation sites is 1. The molecule has 0 heterocycles. The van der Waals surface area contributed by atoms with Gasteiger partial charge in [0.2, 0.25) is 10.0 Å². The second-order valence-electron chi connectivity index (χ2n) is 8.10. The first-order valence-electron chi connectivity index (χ1n) is 11.0. The van der Waals surface area contributed by atoms with Crippen LogP contribution >= 0.6 is 11.6 Å². The molecule has 0 spiro atoms. The standard InChI is InChI=1S/C24H31ClN2O4S/c1-4-27(5-2)32(29,30)18-12-13-21(25)19(16-18)23(28)26-17-24(14-8-9-15-24)20-10-6-7-11-22(20)31-3/h6-7,10-13,16H,4-5,8-9,14-15,17H2,1-3H3,(H,26,28). The summed E-state index contributed by atoms with van der Waals surface area (Å²) in [6, 6.07) is 12.2. The number of methoxy groups -OCH3 is 1. The number of halogens is 1. The molecule has 1 N–H and O–H groups in total. The van der Waals surface area contributed by atoms with Gasteiger partial charge in [-0.15, -0.1) is 0 Å². The SMILES string of the molecule is CCN(CC)S(=O)(=O)c1ccc(Cl)c(C(=O)NCC2(c3ccccc3OC)CCCC2)c1. The van der Waals surface area contributed by atoms with E-state index < -0.39 is 10.0 Å². The van der Waals surface area contributed by atoms with Crippen molar-refractivity contribution in [3.63, 3.8) is 0 Å². The quantitative estimate of drug-likeness (QED) is 0.570. The summed E-state index contributed by atoms with van der Waals surface area (Å²) in [7, 11) is -2.04. The zero-order valence-corrected chi connectivity index (χ0v) is 20.4. The largest absolute Gasteiger partial charge is 0.496 e. The molecule has 1 aliphatic carbocycles. The Morgan fingerprint density at radius 3 is 2.41 bits per heavy atom. The monoisotopic (exact) mass is 478 g/mol. The summed E-state index contributed by atoms with van der Waals surface area (Å²) in [5.41, 5.74) is 1.02. The number of rotatable bonds is 9. The Hall–Kier alpha value is -2.09. The van der Waals surface area contributed by atoms with Crippen molar-refractivity contribution in [3.05, 3.63) is 58.6 Å². The molecule has 0 unspecified atom stereocenters. The van der Waals surface area contributed by atoms with Gasteiger partial charge in [-0.25, -0.2) is 8.42 Å². The van der Waals surface area contributed by atoms with Crippen LogP contribution in [0.1, 0.15) is 55.5 Å². The van der Waals surface area contributed by atoms with Gasteiger partial charge in [-0.1, -0.05) is 56.5 Å². The molecular formula is C24H31ClN2O4S. The van der Waals surface area contributed by atoms with Crippen molar-refractivity contribution in [2.45, 2.75) is 49.8 Å². The first-order chi connectivity index (χ1) is 15.3. The summed E-state index contributed by atoms with van der Waals surface area (Å²) < 4.78 is 32.7. The van der Waals surface area contributed by atoms with Crippen LogP contribution in [0.25, 0.3) is 0 Å². The van der Waals surface area contributed by atoms with E-state index in [4.69, 9.17) is 16.3 Å². The average Bonchev–Trinajstić information content (AvgIpc) is 3.28. The smallest absolute Gasteiger partial charge is 0.252 e. The molecule has 0 bridgehead atoms. The lowest BCUT2D eigenvalue weighted by Crippen LogP contribution is -2.39. The van der Waals surface area contributed by atoms with Crippen molar-refractivity contribution in [2.75, 3.05) is 26.7 Å². The molecule has 1 amide bonds. The van der Waals surface area contributed by atoms with Gasteiger partial charge < -0.3 is 10.1 Å². The normalized spacial score (nSPS) is 15.7. The molecule has 2 aromatic carbocycles. The summed E-state index contributed by atoms with van der Waals surface area (Å²) in [5.74, 6) is 0.432. The highest BCUT2D eigenvalue weighted by Crippen LogP contribution is 2.44. The lowest BCUT2D eigenvalue weighted by Gasteiger charge is -2.31. The van der Waals surface area contributed by atoms with Crippen molar-refractivity contribution in [1.29, 1.82) is 0 Å². The highest BCUT2D eigenvalue weighted by atomic mass is 35.5. The minimum atomic E-state index is -3.69. The number of nitrogens with zero attached hydrogens (tertiary/aromatic N) is 1. The van der Waals surface area contributed by atoms with Crippen LogP contribution in [0.15, 0.2) is 47.4 Å². The van der Waals surface area contributed by atoms with E-state index in [1.165, 1.54) is 22.5 Å². The molecule has 0 aromatic heterocycles. The fourth-order valence-electron chi connectivity index (χ4n) is 4.57. The summed E-state index contributed by atoms with van der Waals surface area (Å²) in [6.07, 6.45) is 4.04. The van der Waals surface area contributed by atoms with Crippen molar-refractivity contribution < 1.29 is 17.9 Å². The van der Waals surface area contributed by atoms with Gasteiger partial charge in [-0.05, 0) is 37.1 Å². The zero-order chi connectivity index (χ0) is 23.4. The fourth-order valence-corrected chi connectivity index (χ4v) is 6.26. The van der Waals surface area contributed by atoms with Gasteiger partial charge in [0.15, 0.2) is 0 Å². The van der Waals surface area contributed by atoms with E-state index in [9.17, 15) is 13.2 Å². The summed E-state index contributed by atoms with van der Waals surface area (Å²) in [6.45, 7) is 4.69. The van der Waals surface area contributed by atoms with Gasteiger partial charge in [-0.2, -0.15) is 4.31 Å². The number of benzene rings is 2. The molecule has 2 aromatic rings. The Balaban J connectivity index is 1.87. The fraction of sp³-hybridized carbons (Fsp3) is 0.458. The number of hydrogen-bond acceptors (Lipinski definition) is 4. The lowest BCUT2D eigenvalue weighted by atomic mass is 9.78. The second-order valence-corrected chi connectivity index (χ2v) is 10.4. The van der Waals surface area contributed by atoms with Crippen LogP contribution in [0.5, 0.6) is 5.75 Å². The van der Waals surface area contributed by atoms with E-state index in [0.717, 1.165) is 37.0 Å². The van der Waals surface area contributed by atoms with Crippen molar-refractivity contribution in [2.24, 2.45) is 0 Å². The van der Waals surface area contributed by atoms with Gasteiger partial charge in [0.1, 0.15) is 5.75 Å². The van der Waals surface area contributed by atoms with E-state index in [2.05, 4.69) is 11.4 Å². The number of hydrogen-bond donors (Lipinski definition) is 1. The number of amides is 1. The number of nitrogens with one attached hydrogen (secondary N) is 1. The maximum Gasteiger partial charge on any atom is 0.252 e. The molecule has 3 rings (SSSR count). The summed E-state index contributed by atoms with van der Waals surface area (Å²) in [4.78, 5) is 13.2. The van der Waals surface area contributed by atoms with Gasteiger partial charge in [0.25, 0.3) is 5.91 Å². The van der Waals surface area contributed by atoms with Gasteiger partial charge in [0, 0.05) is 30.6 Å². The van der Waals surface area contributed by atoms with Crippen molar-refractivity contribution in [3.8, 4) is 5.75 Å². The van der Waals surface area contributed by atoms with Crippen LogP contribution in [0.4, 0.5) is 0 Å². The molecule has 1 fully saturated rings. The minimum Gasteiger partial charge on any atom is -0.496 e. The van der Waals surface area contributed by atoms with Crippen molar-refractivity contribution in [1.82, 2.24) is 9.62 Å². The third-order valence-electron chi connectivity index (χ3n) is 6.35. The second kappa shape index (κ2) is 10.2. The predicted octanol–water partition coefficient (Wildman–Crippen LogP) is 4.62. The summed E-state index contributed by atoms with van der Waals surface area (Å²) >= 11 is 6.29. The van der Waals surface area contributed by atoms with E-state index in [-0.39, 0.29) is 26.8 Å². The minimum absolute atomic E-state index is 0.0658. The van der Waals surface area contributed by atoms with Crippen LogP contribution in [-0.2, 0) is 15.4 Å². The Bertz CT molecular complexity index is 1060. The first-order valence-corrected chi connectivity index (χ1v) is 12.8. The molecule has 0 aliphatic heterocycles. The molecule has 0 radical (unpaired) electrons. The molecule has 0 saturated heterocycles. The molecule has 8 heteroatoms. The molecule has 1 aliphatic rings. The van der Waals surface area contributed by atoms with Gasteiger partial charge in [0.05, 0.1) is 22.6 Å². The highest BCUT2D eigenvalue weighted by molar-refractivity contribution is 7.89. The maximum absolute atomic E-state index is 13.1. The third-order valence-corrected chi connectivity index (χ3v) is 8.73. The molecular weight excluding hydrogens is 448 g/mol. The van der Waals surface area contributed by atoms with Crippen molar-refractivity contribution >= 4 is 27.5 Å². The number of carbonyl (C=O) groups excluding carboxylic acids is 1. The predicted molar refractivity (Wildman–Crippen MR) is 127 cm³/mol. The third kappa shape index (κ3) is 4.80. The number of carbonyl (C=O) groups is 1. The molecule has 174 valence electrons. The van der Waals surface area contributed by atoms with E-state index >= 15 is 0 Å². The van der Waals surface area contributed by atoms with Crippen LogP contribution in [0.3, 0.4) is 0 Å². The Kier molecular flexibility index (Phi) is 7.85. The molecule has 32 heavy (non-hydrogen) atoms. The Morgan fingerprint density at radius 1 is 1.12 bits per heavy atom. The average molecular weight is 479 g/mol. The zero-order valence-electron chi connectivity index (χ0n) is 18.9. The van der Waals surface area contributed by atoms with Gasteiger partial charge >= 0.3 is 0 Å². The van der Waals surface area contributed by atoms with Crippen LogP contribution in [0.2, 0.25) is 5.02 Å². The topological polar surface area (TPSA) is 75.7 Å². The molecule has 0 atom stereocenters. The van der Waals surface area contributed by atoms with E-state index in [1.807, 2.05) is 18.2 Å². The van der Waals surface area contributed by atoms with E-state index in [0.29, 0.717) is 19.6 Å². The highest BCUT2D eigenvalue weighted by Gasteiger charge is 2.38. The van der Waals surface area contributed by atoms with Gasteiger partial charge in [-0.3, -0.25) is 4.79 Å². The lowest BCUT2D eigenvalue weighted by molar-refractivity contribution is 0.0942. The number of ether oxygens (including phenoxy) is 1. The molecule has 6 nitrogen and oxygen atoms in total. The summed E-state index contributed by atoms with van der Waals surface area (Å²) in [5, 5.41) is 3.24. The Labute approximate surface area is 196 Å².